The van der Waals surface area contributed by atoms with Gasteiger partial charge in [0.15, 0.2) is 0 Å². The second kappa shape index (κ2) is 7.87. The Hall–Kier alpha value is -1.47. The molecule has 7 heteroatoms. The van der Waals surface area contributed by atoms with Crippen LogP contribution in [0, 0.1) is 5.82 Å². The van der Waals surface area contributed by atoms with E-state index < -0.39 is 0 Å². The van der Waals surface area contributed by atoms with Crippen LogP contribution in [-0.4, -0.2) is 29.9 Å². The van der Waals surface area contributed by atoms with Gasteiger partial charge in [0.2, 0.25) is 0 Å². The highest BCUT2D eigenvalue weighted by Gasteiger charge is 2.31. The largest absolute Gasteiger partial charge is 0.347 e. The maximum absolute atomic E-state index is 13.5. The average Bonchev–Trinajstić information content (AvgIpc) is 3.37. The van der Waals surface area contributed by atoms with Crippen LogP contribution in [0.1, 0.15) is 40.4 Å². The molecule has 27 heavy (non-hydrogen) atoms. The molecule has 3 heterocycles. The van der Waals surface area contributed by atoms with E-state index in [1.54, 1.807) is 17.4 Å². The van der Waals surface area contributed by atoms with Crippen LogP contribution in [-0.2, 0) is 0 Å². The Bertz CT molecular complexity index is 950. The molecule has 3 aromatic rings. The number of amides is 1. The second-order valence-electron chi connectivity index (χ2n) is 6.85. The van der Waals surface area contributed by atoms with Crippen molar-refractivity contribution < 1.29 is 9.18 Å². The maximum atomic E-state index is 13.5. The molecule has 0 bridgehead atoms. The van der Waals surface area contributed by atoms with E-state index in [2.05, 4.69) is 27.7 Å². The average molecular weight is 423 g/mol. The normalized spacial score (nSPS) is 17.3. The van der Waals surface area contributed by atoms with Crippen molar-refractivity contribution in [2.24, 2.45) is 0 Å². The Morgan fingerprint density at radius 1 is 1.30 bits per heavy atom. The Kier molecular flexibility index (Phi) is 5.50. The SMILES string of the molecule is C[C@@H](NC(=O)c1sc2cc(F)ccc2c1Cl)[C@@H](c1cccs1)N1CCCC1. The molecule has 2 atom stereocenters. The lowest BCUT2D eigenvalue weighted by Crippen LogP contribution is -2.43. The van der Waals surface area contributed by atoms with E-state index >= 15 is 0 Å². The minimum absolute atomic E-state index is 0.0627. The number of rotatable bonds is 5. The topological polar surface area (TPSA) is 32.3 Å². The van der Waals surface area contributed by atoms with Gasteiger partial charge >= 0.3 is 0 Å². The molecule has 1 aromatic carbocycles. The molecule has 1 aliphatic rings. The Morgan fingerprint density at radius 3 is 2.78 bits per heavy atom. The number of nitrogens with one attached hydrogen (secondary N) is 1. The quantitative estimate of drug-likeness (QED) is 0.571. The van der Waals surface area contributed by atoms with Crippen molar-refractivity contribution in [3.05, 3.63) is 56.3 Å². The molecular weight excluding hydrogens is 403 g/mol. The van der Waals surface area contributed by atoms with E-state index in [1.165, 1.54) is 41.2 Å². The number of nitrogens with zero attached hydrogens (tertiary/aromatic N) is 1. The number of halogens is 2. The lowest BCUT2D eigenvalue weighted by molar-refractivity contribution is 0.0912. The van der Waals surface area contributed by atoms with Gasteiger partial charge in [-0.05, 0) is 62.5 Å². The van der Waals surface area contributed by atoms with Crippen LogP contribution in [0.25, 0.3) is 10.1 Å². The number of fused-ring (bicyclic) bond motifs is 1. The van der Waals surface area contributed by atoms with Crippen molar-refractivity contribution in [3.63, 3.8) is 0 Å². The molecule has 4 rings (SSSR count). The third-order valence-electron chi connectivity index (χ3n) is 5.00. The van der Waals surface area contributed by atoms with Gasteiger partial charge in [-0.2, -0.15) is 0 Å². The Balaban J connectivity index is 1.58. The summed E-state index contributed by atoms with van der Waals surface area (Å²) in [5, 5.41) is 6.32. The fourth-order valence-electron chi connectivity index (χ4n) is 3.76. The number of thiophene rings is 2. The molecule has 1 aliphatic heterocycles. The second-order valence-corrected chi connectivity index (χ2v) is 9.26. The van der Waals surface area contributed by atoms with E-state index in [9.17, 15) is 9.18 Å². The summed E-state index contributed by atoms with van der Waals surface area (Å²) in [6, 6.07) is 8.69. The summed E-state index contributed by atoms with van der Waals surface area (Å²) < 4.78 is 14.2. The first kappa shape index (κ1) is 18.9. The molecule has 0 spiro atoms. The summed E-state index contributed by atoms with van der Waals surface area (Å²) in [5.41, 5.74) is 0. The van der Waals surface area contributed by atoms with E-state index in [-0.39, 0.29) is 23.8 Å². The third-order valence-corrected chi connectivity index (χ3v) is 7.60. The van der Waals surface area contributed by atoms with Gasteiger partial charge in [0.05, 0.1) is 11.1 Å². The number of hydrogen-bond donors (Lipinski definition) is 1. The molecule has 1 amide bonds. The predicted octanol–water partition coefficient (Wildman–Crippen LogP) is 5.71. The maximum Gasteiger partial charge on any atom is 0.263 e. The first-order valence-corrected chi connectivity index (χ1v) is 11.1. The number of carbonyl (C=O) groups excluding carboxylic acids is 1. The van der Waals surface area contributed by atoms with Gasteiger partial charge in [-0.25, -0.2) is 4.39 Å². The summed E-state index contributed by atoms with van der Waals surface area (Å²) in [5.74, 6) is -0.526. The lowest BCUT2D eigenvalue weighted by Gasteiger charge is -2.32. The van der Waals surface area contributed by atoms with E-state index in [4.69, 9.17) is 11.6 Å². The number of hydrogen-bond acceptors (Lipinski definition) is 4. The van der Waals surface area contributed by atoms with Crippen LogP contribution in [0.5, 0.6) is 0 Å². The summed E-state index contributed by atoms with van der Waals surface area (Å²) >= 11 is 9.37. The number of benzene rings is 1. The zero-order valence-electron chi connectivity index (χ0n) is 14.9. The van der Waals surface area contributed by atoms with Crippen LogP contribution in [0.3, 0.4) is 0 Å². The molecule has 1 saturated heterocycles. The minimum Gasteiger partial charge on any atom is -0.347 e. The molecule has 0 aliphatic carbocycles. The summed E-state index contributed by atoms with van der Waals surface area (Å²) in [6.07, 6.45) is 2.38. The van der Waals surface area contributed by atoms with Crippen LogP contribution >= 0.6 is 34.3 Å². The molecule has 3 nitrogen and oxygen atoms in total. The predicted molar refractivity (Wildman–Crippen MR) is 112 cm³/mol. The van der Waals surface area contributed by atoms with Gasteiger partial charge in [0.25, 0.3) is 5.91 Å². The summed E-state index contributed by atoms with van der Waals surface area (Å²) in [4.78, 5) is 17.1. The molecule has 1 fully saturated rings. The van der Waals surface area contributed by atoms with E-state index in [1.807, 2.05) is 6.92 Å². The zero-order valence-corrected chi connectivity index (χ0v) is 17.3. The highest BCUT2D eigenvalue weighted by molar-refractivity contribution is 7.21. The van der Waals surface area contributed by atoms with Gasteiger partial charge in [-0.3, -0.25) is 9.69 Å². The molecule has 0 saturated carbocycles. The lowest BCUT2D eigenvalue weighted by atomic mass is 10.1. The first-order valence-electron chi connectivity index (χ1n) is 9.00. The Morgan fingerprint density at radius 2 is 2.07 bits per heavy atom. The minimum atomic E-state index is -0.326. The van der Waals surface area contributed by atoms with Crippen LogP contribution in [0.15, 0.2) is 35.7 Å². The van der Waals surface area contributed by atoms with E-state index in [0.717, 1.165) is 18.5 Å². The fraction of sp³-hybridized carbons (Fsp3) is 0.350. The standard InChI is InChI=1S/C20H20ClFN2OS2/c1-12(18(15-5-4-10-26-15)24-8-2-3-9-24)23-20(25)19-17(21)14-7-6-13(22)11-16(14)27-19/h4-7,10-12,18H,2-3,8-9H2,1H3,(H,23,25)/t12-,18+/m1/s1. The molecule has 0 radical (unpaired) electrons. The molecule has 142 valence electrons. The van der Waals surface area contributed by atoms with Crippen molar-refractivity contribution >= 4 is 50.3 Å². The van der Waals surface area contributed by atoms with Gasteiger partial charge in [-0.1, -0.05) is 17.7 Å². The zero-order chi connectivity index (χ0) is 19.0. The van der Waals surface area contributed by atoms with Gasteiger partial charge in [-0.15, -0.1) is 22.7 Å². The van der Waals surface area contributed by atoms with Gasteiger partial charge in [0, 0.05) is 21.0 Å². The van der Waals surface area contributed by atoms with Crippen molar-refractivity contribution in [2.75, 3.05) is 13.1 Å². The summed E-state index contributed by atoms with van der Waals surface area (Å²) in [6.45, 7) is 4.14. The molecule has 2 aromatic heterocycles. The monoisotopic (exact) mass is 422 g/mol. The van der Waals surface area contributed by atoms with Crippen molar-refractivity contribution in [1.82, 2.24) is 10.2 Å². The fourth-order valence-corrected chi connectivity index (χ4v) is 6.17. The van der Waals surface area contributed by atoms with Crippen LogP contribution in [0.2, 0.25) is 5.02 Å². The van der Waals surface area contributed by atoms with Crippen LogP contribution < -0.4 is 5.32 Å². The van der Waals surface area contributed by atoms with E-state index in [0.29, 0.717) is 14.6 Å². The molecular formula is C20H20ClFN2OS2. The van der Waals surface area contributed by atoms with Crippen molar-refractivity contribution in [2.45, 2.75) is 31.8 Å². The third kappa shape index (κ3) is 3.76. The first-order chi connectivity index (χ1) is 13.0. The smallest absolute Gasteiger partial charge is 0.263 e. The van der Waals surface area contributed by atoms with Gasteiger partial charge < -0.3 is 5.32 Å². The van der Waals surface area contributed by atoms with Crippen molar-refractivity contribution in [1.29, 1.82) is 0 Å². The number of likely N-dealkylation sites (tertiary alicyclic amines) is 1. The van der Waals surface area contributed by atoms with Crippen LogP contribution in [0.4, 0.5) is 4.39 Å². The Labute approximate surface area is 170 Å². The highest BCUT2D eigenvalue weighted by Crippen LogP contribution is 2.36. The van der Waals surface area contributed by atoms with Crippen molar-refractivity contribution in [3.8, 4) is 0 Å². The molecule has 1 N–H and O–H groups in total. The number of carbonyl (C=O) groups is 1. The van der Waals surface area contributed by atoms with Gasteiger partial charge in [0.1, 0.15) is 10.7 Å². The highest BCUT2D eigenvalue weighted by atomic mass is 35.5. The summed E-state index contributed by atoms with van der Waals surface area (Å²) in [7, 11) is 0. The molecule has 0 unspecified atom stereocenters.